The number of allylic oxidation sites excluding steroid dienone is 2. The predicted molar refractivity (Wildman–Crippen MR) is 102 cm³/mol. The lowest BCUT2D eigenvalue weighted by Gasteiger charge is -2.39. The van der Waals surface area contributed by atoms with E-state index in [0.717, 1.165) is 12.0 Å². The van der Waals surface area contributed by atoms with Gasteiger partial charge in [0.05, 0.1) is 21.3 Å². The summed E-state index contributed by atoms with van der Waals surface area (Å²) in [7, 11) is -1.44. The molecule has 1 saturated carbocycles. The summed E-state index contributed by atoms with van der Waals surface area (Å²) in [5.41, 5.74) is 3.47. The lowest BCUT2D eigenvalue weighted by molar-refractivity contribution is -0.256. The topological polar surface area (TPSA) is 35.5 Å². The van der Waals surface area contributed by atoms with Crippen LogP contribution in [0.2, 0.25) is 19.6 Å². The zero-order valence-corrected chi connectivity index (χ0v) is 17.4. The first kappa shape index (κ1) is 19.6. The number of carbonyl (C=O) groups excluding carboxylic acids is 1. The minimum Gasteiger partial charge on any atom is -0.350 e. The molecule has 0 N–H and O–H groups in total. The summed E-state index contributed by atoms with van der Waals surface area (Å²) in [4.78, 5) is 12.6. The highest BCUT2D eigenvalue weighted by molar-refractivity contribution is 6.81. The van der Waals surface area contributed by atoms with Crippen molar-refractivity contribution in [1.29, 1.82) is 0 Å². The highest BCUT2D eigenvalue weighted by Crippen LogP contribution is 2.43. The lowest BCUT2D eigenvalue weighted by atomic mass is 9.66. The maximum absolute atomic E-state index is 12.6. The summed E-state index contributed by atoms with van der Waals surface area (Å²) >= 11 is 0. The Morgan fingerprint density at radius 2 is 1.62 bits per heavy atom. The minimum absolute atomic E-state index is 0.117. The summed E-state index contributed by atoms with van der Waals surface area (Å²) in [5, 5.41) is 0. The summed E-state index contributed by atoms with van der Waals surface area (Å²) in [6, 6.07) is 0. The van der Waals surface area contributed by atoms with Crippen molar-refractivity contribution >= 4 is 13.9 Å². The molecule has 1 unspecified atom stereocenters. The van der Waals surface area contributed by atoms with Gasteiger partial charge in [0, 0.05) is 18.3 Å². The molecule has 0 bridgehead atoms. The Morgan fingerprint density at radius 3 is 2.17 bits per heavy atom. The van der Waals surface area contributed by atoms with E-state index in [-0.39, 0.29) is 17.3 Å². The van der Waals surface area contributed by atoms with Crippen LogP contribution in [0.3, 0.4) is 0 Å². The van der Waals surface area contributed by atoms with Gasteiger partial charge in [-0.05, 0) is 31.3 Å². The van der Waals surface area contributed by atoms with Crippen molar-refractivity contribution in [3.05, 3.63) is 23.4 Å². The van der Waals surface area contributed by atoms with Crippen LogP contribution in [0, 0.1) is 17.3 Å². The highest BCUT2D eigenvalue weighted by Gasteiger charge is 2.39. The third kappa shape index (κ3) is 5.14. The summed E-state index contributed by atoms with van der Waals surface area (Å²) < 4.78 is 11.5. The lowest BCUT2D eigenvalue weighted by Crippen LogP contribution is -2.39. The summed E-state index contributed by atoms with van der Waals surface area (Å²) in [6.07, 6.45) is 6.09. The minimum atomic E-state index is -1.44. The van der Waals surface area contributed by atoms with Crippen molar-refractivity contribution in [1.82, 2.24) is 0 Å². The quantitative estimate of drug-likeness (QED) is 0.418. The van der Waals surface area contributed by atoms with Gasteiger partial charge in [-0.3, -0.25) is 4.79 Å². The van der Waals surface area contributed by atoms with E-state index in [1.54, 1.807) is 0 Å². The standard InChI is InChI=1S/C20H34O3Si/c1-19(2)11-10-18(21)16(14-24(5,6)7)17(19)9-8-15-12-22-20(3,4)23-13-15/h8-9,14-15,17H,10-13H2,1-7H3/b9-8+,16-14-. The smallest absolute Gasteiger partial charge is 0.162 e. The van der Waals surface area contributed by atoms with Crippen molar-refractivity contribution in [3.8, 4) is 0 Å². The van der Waals surface area contributed by atoms with Crippen LogP contribution in [0.1, 0.15) is 40.5 Å². The van der Waals surface area contributed by atoms with Gasteiger partial charge in [-0.15, -0.1) is 0 Å². The monoisotopic (exact) mass is 350 g/mol. The highest BCUT2D eigenvalue weighted by atomic mass is 28.3. The molecule has 2 aliphatic rings. The zero-order chi connectivity index (χ0) is 18.2. The Balaban J connectivity index is 2.21. The number of carbonyl (C=O) groups is 1. The van der Waals surface area contributed by atoms with E-state index in [2.05, 4.69) is 51.3 Å². The summed E-state index contributed by atoms with van der Waals surface area (Å²) in [6.45, 7) is 16.7. The van der Waals surface area contributed by atoms with Crippen LogP contribution < -0.4 is 0 Å². The average Bonchev–Trinajstić information content (AvgIpc) is 2.42. The van der Waals surface area contributed by atoms with E-state index >= 15 is 0 Å². The van der Waals surface area contributed by atoms with Gasteiger partial charge in [-0.2, -0.15) is 0 Å². The van der Waals surface area contributed by atoms with Crippen molar-refractivity contribution in [3.63, 3.8) is 0 Å². The third-order valence-electron chi connectivity index (χ3n) is 4.95. The Morgan fingerprint density at radius 1 is 1.04 bits per heavy atom. The Kier molecular flexibility index (Phi) is 5.63. The second kappa shape index (κ2) is 6.89. The van der Waals surface area contributed by atoms with E-state index in [1.165, 1.54) is 0 Å². The normalized spacial score (nSPS) is 30.2. The maximum atomic E-state index is 12.6. The number of Topliss-reactive ketones (excluding diaryl/α,β-unsaturated/α-hetero) is 1. The molecule has 1 atom stereocenters. The SMILES string of the molecule is CC1(C)OCC(/C=C/C2/C(=C/[Si](C)(C)C)C(=O)CCC2(C)C)CO1. The second-order valence-corrected chi connectivity index (χ2v) is 14.5. The van der Waals surface area contributed by atoms with Crippen LogP contribution in [0.25, 0.3) is 0 Å². The first-order chi connectivity index (χ1) is 10.9. The number of ether oxygens (including phenoxy) is 2. The first-order valence-electron chi connectivity index (χ1n) is 9.12. The Hall–Kier alpha value is -0.713. The largest absolute Gasteiger partial charge is 0.350 e. The van der Waals surface area contributed by atoms with Crippen LogP contribution >= 0.6 is 0 Å². The van der Waals surface area contributed by atoms with Gasteiger partial charge < -0.3 is 9.47 Å². The molecule has 1 heterocycles. The van der Waals surface area contributed by atoms with E-state index in [0.29, 0.717) is 25.4 Å². The van der Waals surface area contributed by atoms with Crippen LogP contribution in [0.5, 0.6) is 0 Å². The number of hydrogen-bond donors (Lipinski definition) is 0. The molecule has 1 aliphatic carbocycles. The second-order valence-electron chi connectivity index (χ2n) is 9.52. The van der Waals surface area contributed by atoms with Crippen LogP contribution in [0.4, 0.5) is 0 Å². The molecular weight excluding hydrogens is 316 g/mol. The number of ketones is 1. The van der Waals surface area contributed by atoms with Crippen molar-refractivity contribution < 1.29 is 14.3 Å². The molecule has 24 heavy (non-hydrogen) atoms. The maximum Gasteiger partial charge on any atom is 0.162 e. The van der Waals surface area contributed by atoms with Gasteiger partial charge >= 0.3 is 0 Å². The molecule has 2 rings (SSSR count). The molecule has 0 spiro atoms. The Labute approximate surface area is 148 Å². The molecule has 4 heteroatoms. The van der Waals surface area contributed by atoms with Gasteiger partial charge in [-0.1, -0.05) is 51.3 Å². The number of rotatable bonds is 3. The predicted octanol–water partition coefficient (Wildman–Crippen LogP) is 4.75. The van der Waals surface area contributed by atoms with Crippen LogP contribution in [0.15, 0.2) is 23.4 Å². The molecule has 0 amide bonds. The van der Waals surface area contributed by atoms with Crippen molar-refractivity contribution in [2.24, 2.45) is 17.3 Å². The van der Waals surface area contributed by atoms with Gasteiger partial charge in [-0.25, -0.2) is 0 Å². The molecule has 0 radical (unpaired) electrons. The molecule has 136 valence electrons. The van der Waals surface area contributed by atoms with Crippen LogP contribution in [-0.2, 0) is 14.3 Å². The summed E-state index contributed by atoms with van der Waals surface area (Å²) in [5.74, 6) is 0.316. The average molecular weight is 351 g/mol. The fraction of sp³-hybridized carbons (Fsp3) is 0.750. The van der Waals surface area contributed by atoms with Gasteiger partial charge in [0.1, 0.15) is 0 Å². The molecule has 0 aromatic rings. The van der Waals surface area contributed by atoms with E-state index in [4.69, 9.17) is 9.47 Å². The molecule has 3 nitrogen and oxygen atoms in total. The third-order valence-corrected chi connectivity index (χ3v) is 6.13. The Bertz CT molecular complexity index is 528. The molecule has 1 aliphatic heterocycles. The fourth-order valence-corrected chi connectivity index (χ4v) is 4.69. The first-order valence-corrected chi connectivity index (χ1v) is 12.7. The molecule has 2 fully saturated rings. The van der Waals surface area contributed by atoms with E-state index in [9.17, 15) is 4.79 Å². The zero-order valence-electron chi connectivity index (χ0n) is 16.4. The van der Waals surface area contributed by atoms with Crippen molar-refractivity contribution in [2.75, 3.05) is 13.2 Å². The molecule has 1 saturated heterocycles. The molecule has 0 aromatic heterocycles. The number of hydrogen-bond acceptors (Lipinski definition) is 3. The molecular formula is C20H34O3Si. The van der Waals surface area contributed by atoms with E-state index in [1.807, 2.05) is 13.8 Å². The van der Waals surface area contributed by atoms with Crippen LogP contribution in [-0.4, -0.2) is 32.9 Å². The fourth-order valence-electron chi connectivity index (χ4n) is 3.42. The molecule has 0 aromatic carbocycles. The van der Waals surface area contributed by atoms with Gasteiger partial charge in [0.15, 0.2) is 11.6 Å². The van der Waals surface area contributed by atoms with Gasteiger partial charge in [0.2, 0.25) is 0 Å². The van der Waals surface area contributed by atoms with Crippen molar-refractivity contribution in [2.45, 2.75) is 66.0 Å². The van der Waals surface area contributed by atoms with Gasteiger partial charge in [0.25, 0.3) is 0 Å². The van der Waals surface area contributed by atoms with E-state index < -0.39 is 13.9 Å².